The first kappa shape index (κ1) is 11.4. The zero-order chi connectivity index (χ0) is 11.9. The third kappa shape index (κ3) is 3.48. The lowest BCUT2D eigenvalue weighted by molar-refractivity contribution is 0.282. The van der Waals surface area contributed by atoms with Gasteiger partial charge in [0.2, 0.25) is 0 Å². The van der Waals surface area contributed by atoms with Gasteiger partial charge < -0.3 is 5.11 Å². The SMILES string of the molecule is OCc1cccc(CC#Cc2ccccc2)c1. The van der Waals surface area contributed by atoms with Gasteiger partial charge in [0.15, 0.2) is 0 Å². The van der Waals surface area contributed by atoms with Crippen molar-refractivity contribution in [2.24, 2.45) is 0 Å². The van der Waals surface area contributed by atoms with Crippen LogP contribution in [0.3, 0.4) is 0 Å². The molecule has 0 radical (unpaired) electrons. The largest absolute Gasteiger partial charge is 0.392 e. The van der Waals surface area contributed by atoms with E-state index in [0.717, 1.165) is 16.7 Å². The van der Waals surface area contributed by atoms with E-state index in [9.17, 15) is 0 Å². The summed E-state index contributed by atoms with van der Waals surface area (Å²) in [6, 6.07) is 17.8. The van der Waals surface area contributed by atoms with Crippen LogP contribution in [0, 0.1) is 11.8 Å². The Balaban J connectivity index is 2.05. The smallest absolute Gasteiger partial charge is 0.0681 e. The monoisotopic (exact) mass is 222 g/mol. The van der Waals surface area contributed by atoms with Gasteiger partial charge in [0.05, 0.1) is 6.61 Å². The van der Waals surface area contributed by atoms with E-state index in [4.69, 9.17) is 5.11 Å². The highest BCUT2D eigenvalue weighted by Gasteiger charge is 1.92. The fourth-order valence-electron chi connectivity index (χ4n) is 1.61. The Kier molecular flexibility index (Phi) is 3.96. The topological polar surface area (TPSA) is 20.2 Å². The lowest BCUT2D eigenvalue weighted by Gasteiger charge is -1.98. The van der Waals surface area contributed by atoms with Gasteiger partial charge in [-0.25, -0.2) is 0 Å². The summed E-state index contributed by atoms with van der Waals surface area (Å²) in [5, 5.41) is 9.03. The van der Waals surface area contributed by atoms with Crippen molar-refractivity contribution in [3.63, 3.8) is 0 Å². The summed E-state index contributed by atoms with van der Waals surface area (Å²) in [5.74, 6) is 6.26. The van der Waals surface area contributed by atoms with Crippen molar-refractivity contribution < 1.29 is 5.11 Å². The molecule has 0 aliphatic heterocycles. The van der Waals surface area contributed by atoms with Gasteiger partial charge in [-0.05, 0) is 23.3 Å². The quantitative estimate of drug-likeness (QED) is 0.775. The molecule has 0 unspecified atom stereocenters. The molecule has 0 fully saturated rings. The predicted molar refractivity (Wildman–Crippen MR) is 69.4 cm³/mol. The molecule has 1 nitrogen and oxygen atoms in total. The Morgan fingerprint density at radius 3 is 2.41 bits per heavy atom. The molecule has 0 saturated carbocycles. The van der Waals surface area contributed by atoms with Crippen LogP contribution >= 0.6 is 0 Å². The van der Waals surface area contributed by atoms with Crippen LogP contribution in [0.25, 0.3) is 0 Å². The van der Waals surface area contributed by atoms with Crippen LogP contribution in [0.1, 0.15) is 16.7 Å². The summed E-state index contributed by atoms with van der Waals surface area (Å²) in [6.07, 6.45) is 0.711. The number of aliphatic hydroxyl groups is 1. The number of rotatable bonds is 2. The van der Waals surface area contributed by atoms with Crippen LogP contribution in [0.15, 0.2) is 54.6 Å². The molecular weight excluding hydrogens is 208 g/mol. The van der Waals surface area contributed by atoms with Crippen molar-refractivity contribution in [3.05, 3.63) is 71.3 Å². The molecule has 1 heteroatoms. The maximum Gasteiger partial charge on any atom is 0.0681 e. The molecule has 2 rings (SSSR count). The minimum absolute atomic E-state index is 0.0833. The van der Waals surface area contributed by atoms with Crippen molar-refractivity contribution in [2.75, 3.05) is 0 Å². The van der Waals surface area contributed by atoms with E-state index in [-0.39, 0.29) is 6.61 Å². The maximum atomic E-state index is 9.03. The van der Waals surface area contributed by atoms with Gasteiger partial charge in [-0.2, -0.15) is 0 Å². The maximum absolute atomic E-state index is 9.03. The second kappa shape index (κ2) is 5.89. The van der Waals surface area contributed by atoms with Gasteiger partial charge in [0.1, 0.15) is 0 Å². The fraction of sp³-hybridized carbons (Fsp3) is 0.125. The summed E-state index contributed by atoms with van der Waals surface area (Å²) < 4.78 is 0. The second-order valence-electron chi connectivity index (χ2n) is 3.82. The van der Waals surface area contributed by atoms with E-state index in [1.165, 1.54) is 0 Å². The molecule has 0 spiro atoms. The molecule has 0 aliphatic rings. The van der Waals surface area contributed by atoms with E-state index in [0.29, 0.717) is 6.42 Å². The lowest BCUT2D eigenvalue weighted by atomic mass is 10.1. The van der Waals surface area contributed by atoms with Gasteiger partial charge in [-0.15, -0.1) is 0 Å². The number of benzene rings is 2. The van der Waals surface area contributed by atoms with Gasteiger partial charge in [0.25, 0.3) is 0 Å². The lowest BCUT2D eigenvalue weighted by Crippen LogP contribution is -1.86. The standard InChI is InChI=1S/C16H14O/c17-13-16-11-5-10-15(12-16)9-4-8-14-6-2-1-3-7-14/h1-3,5-7,10-12,17H,9,13H2. The highest BCUT2D eigenvalue weighted by atomic mass is 16.3. The summed E-state index contributed by atoms with van der Waals surface area (Å²) in [4.78, 5) is 0. The summed E-state index contributed by atoms with van der Waals surface area (Å²) in [6.45, 7) is 0.0833. The van der Waals surface area contributed by atoms with Crippen LogP contribution in [0.5, 0.6) is 0 Å². The molecule has 1 N–H and O–H groups in total. The third-order valence-electron chi connectivity index (χ3n) is 2.47. The molecule has 0 aliphatic carbocycles. The van der Waals surface area contributed by atoms with Gasteiger partial charge in [-0.1, -0.05) is 54.3 Å². The van der Waals surface area contributed by atoms with Crippen molar-refractivity contribution in [1.29, 1.82) is 0 Å². The van der Waals surface area contributed by atoms with E-state index in [2.05, 4.69) is 11.8 Å². The third-order valence-corrected chi connectivity index (χ3v) is 2.47. The summed E-state index contributed by atoms with van der Waals surface area (Å²) >= 11 is 0. The average molecular weight is 222 g/mol. The zero-order valence-corrected chi connectivity index (χ0v) is 9.56. The van der Waals surface area contributed by atoms with Crippen LogP contribution in [-0.4, -0.2) is 5.11 Å². The molecule has 84 valence electrons. The number of aliphatic hydroxyl groups excluding tert-OH is 1. The molecule has 0 bridgehead atoms. The van der Waals surface area contributed by atoms with Gasteiger partial charge >= 0.3 is 0 Å². The highest BCUT2D eigenvalue weighted by molar-refractivity contribution is 5.35. The molecule has 2 aromatic carbocycles. The van der Waals surface area contributed by atoms with Crippen molar-refractivity contribution in [2.45, 2.75) is 13.0 Å². The van der Waals surface area contributed by atoms with E-state index in [1.54, 1.807) is 0 Å². The second-order valence-corrected chi connectivity index (χ2v) is 3.82. The highest BCUT2D eigenvalue weighted by Crippen LogP contribution is 2.05. The molecule has 0 aromatic heterocycles. The minimum atomic E-state index is 0.0833. The molecule has 17 heavy (non-hydrogen) atoms. The fourth-order valence-corrected chi connectivity index (χ4v) is 1.61. The normalized spacial score (nSPS) is 9.47. The minimum Gasteiger partial charge on any atom is -0.392 e. The molecular formula is C16H14O. The number of hydrogen-bond donors (Lipinski definition) is 1. The molecule has 0 amide bonds. The predicted octanol–water partition coefficient (Wildman–Crippen LogP) is 2.77. The van der Waals surface area contributed by atoms with Crippen molar-refractivity contribution >= 4 is 0 Å². The number of hydrogen-bond acceptors (Lipinski definition) is 1. The summed E-state index contributed by atoms with van der Waals surface area (Å²) in [5.41, 5.74) is 3.11. The van der Waals surface area contributed by atoms with Gasteiger partial charge in [0, 0.05) is 12.0 Å². The first-order chi connectivity index (χ1) is 8.38. The first-order valence-electron chi connectivity index (χ1n) is 5.61. The van der Waals surface area contributed by atoms with Crippen molar-refractivity contribution in [3.8, 4) is 11.8 Å². The van der Waals surface area contributed by atoms with Crippen LogP contribution in [0.4, 0.5) is 0 Å². The Hall–Kier alpha value is -2.04. The Bertz CT molecular complexity index is 532. The average Bonchev–Trinajstić information content (AvgIpc) is 2.40. The molecule has 0 atom stereocenters. The van der Waals surface area contributed by atoms with E-state index in [1.807, 2.05) is 54.6 Å². The zero-order valence-electron chi connectivity index (χ0n) is 9.56. The van der Waals surface area contributed by atoms with Crippen LogP contribution in [0.2, 0.25) is 0 Å². The van der Waals surface area contributed by atoms with E-state index < -0.39 is 0 Å². The van der Waals surface area contributed by atoms with Crippen molar-refractivity contribution in [1.82, 2.24) is 0 Å². The molecule has 0 heterocycles. The Labute approximate surface area is 102 Å². The van der Waals surface area contributed by atoms with Gasteiger partial charge in [-0.3, -0.25) is 0 Å². The molecule has 2 aromatic rings. The Morgan fingerprint density at radius 2 is 1.65 bits per heavy atom. The van der Waals surface area contributed by atoms with Crippen LogP contribution in [-0.2, 0) is 13.0 Å². The Morgan fingerprint density at radius 1 is 0.882 bits per heavy atom. The van der Waals surface area contributed by atoms with E-state index >= 15 is 0 Å². The van der Waals surface area contributed by atoms with Crippen LogP contribution < -0.4 is 0 Å². The molecule has 0 saturated heterocycles. The first-order valence-corrected chi connectivity index (χ1v) is 5.61. The summed E-state index contributed by atoms with van der Waals surface area (Å²) in [7, 11) is 0.